The van der Waals surface area contributed by atoms with Crippen molar-refractivity contribution in [3.8, 4) is 0 Å². The molecule has 0 fully saturated rings. The maximum atomic E-state index is 13.0. The van der Waals surface area contributed by atoms with Crippen LogP contribution < -0.4 is 11.1 Å². The highest BCUT2D eigenvalue weighted by molar-refractivity contribution is 5.66. The van der Waals surface area contributed by atoms with Gasteiger partial charge in [-0.05, 0) is 13.1 Å². The molecule has 3 nitrogen and oxygen atoms in total. The third-order valence-electron chi connectivity index (χ3n) is 2.73. The van der Waals surface area contributed by atoms with Gasteiger partial charge >= 0.3 is 0 Å². The van der Waals surface area contributed by atoms with Crippen LogP contribution in [0, 0.1) is 11.6 Å². The van der Waals surface area contributed by atoms with E-state index in [1.807, 2.05) is 0 Å². The van der Waals surface area contributed by atoms with Crippen molar-refractivity contribution in [3.63, 3.8) is 0 Å². The van der Waals surface area contributed by atoms with E-state index >= 15 is 0 Å². The summed E-state index contributed by atoms with van der Waals surface area (Å²) in [6.45, 7) is 7.57. The number of likely N-dealkylation sites (N-methyl/N-ethyl adjacent to an activating group) is 1. The molecular formula is C12H19F2N3. The Hall–Kier alpha value is -1.36. The van der Waals surface area contributed by atoms with Gasteiger partial charge in [0.05, 0.1) is 11.4 Å². The van der Waals surface area contributed by atoms with Crippen molar-refractivity contribution in [2.45, 2.75) is 13.8 Å². The van der Waals surface area contributed by atoms with Crippen molar-refractivity contribution in [2.24, 2.45) is 0 Å². The highest BCUT2D eigenvalue weighted by Gasteiger charge is 2.07. The molecule has 17 heavy (non-hydrogen) atoms. The van der Waals surface area contributed by atoms with Gasteiger partial charge in [0.2, 0.25) is 0 Å². The van der Waals surface area contributed by atoms with Crippen molar-refractivity contribution in [1.29, 1.82) is 0 Å². The molecule has 0 spiro atoms. The summed E-state index contributed by atoms with van der Waals surface area (Å²) in [7, 11) is 0. The maximum Gasteiger partial charge on any atom is 0.161 e. The molecule has 1 aromatic rings. The smallest absolute Gasteiger partial charge is 0.161 e. The Morgan fingerprint density at radius 3 is 2.35 bits per heavy atom. The molecule has 0 aliphatic rings. The molecule has 0 aromatic heterocycles. The van der Waals surface area contributed by atoms with Gasteiger partial charge < -0.3 is 16.0 Å². The minimum absolute atomic E-state index is 0.225. The lowest BCUT2D eigenvalue weighted by Crippen LogP contribution is -2.28. The maximum absolute atomic E-state index is 13.0. The Bertz CT molecular complexity index is 365. The molecule has 0 amide bonds. The molecule has 0 saturated carbocycles. The summed E-state index contributed by atoms with van der Waals surface area (Å²) >= 11 is 0. The number of hydrogen-bond donors (Lipinski definition) is 2. The van der Waals surface area contributed by atoms with Crippen LogP contribution in [-0.4, -0.2) is 31.1 Å². The molecule has 5 heteroatoms. The third-order valence-corrected chi connectivity index (χ3v) is 2.73. The van der Waals surface area contributed by atoms with E-state index in [0.29, 0.717) is 12.2 Å². The van der Waals surface area contributed by atoms with Crippen LogP contribution in [0.25, 0.3) is 0 Å². The minimum Gasteiger partial charge on any atom is -0.397 e. The van der Waals surface area contributed by atoms with Gasteiger partial charge in [0.15, 0.2) is 11.6 Å². The first-order valence-electron chi connectivity index (χ1n) is 5.79. The van der Waals surface area contributed by atoms with Crippen LogP contribution in [0.2, 0.25) is 0 Å². The zero-order valence-corrected chi connectivity index (χ0v) is 10.3. The van der Waals surface area contributed by atoms with Crippen molar-refractivity contribution in [3.05, 3.63) is 23.8 Å². The van der Waals surface area contributed by atoms with E-state index in [1.165, 1.54) is 0 Å². The Morgan fingerprint density at radius 2 is 1.76 bits per heavy atom. The first-order chi connectivity index (χ1) is 8.08. The molecular weight excluding hydrogens is 224 g/mol. The predicted molar refractivity (Wildman–Crippen MR) is 67.0 cm³/mol. The second kappa shape index (κ2) is 6.39. The molecule has 0 radical (unpaired) electrons. The Balaban J connectivity index is 2.55. The molecule has 0 bridgehead atoms. The van der Waals surface area contributed by atoms with Gasteiger partial charge in [0.1, 0.15) is 0 Å². The van der Waals surface area contributed by atoms with Gasteiger partial charge in [-0.2, -0.15) is 0 Å². The van der Waals surface area contributed by atoms with Crippen LogP contribution in [0.3, 0.4) is 0 Å². The monoisotopic (exact) mass is 243 g/mol. The molecule has 0 unspecified atom stereocenters. The highest BCUT2D eigenvalue weighted by Crippen LogP contribution is 2.21. The summed E-state index contributed by atoms with van der Waals surface area (Å²) in [5, 5.41) is 3.01. The SMILES string of the molecule is CCN(CC)CCNc1cc(F)c(F)cc1N. The van der Waals surface area contributed by atoms with Crippen molar-refractivity contribution < 1.29 is 8.78 Å². The van der Waals surface area contributed by atoms with Crippen LogP contribution >= 0.6 is 0 Å². The molecule has 0 aliphatic carbocycles. The topological polar surface area (TPSA) is 41.3 Å². The quantitative estimate of drug-likeness (QED) is 0.753. The van der Waals surface area contributed by atoms with Crippen LogP contribution in [0.15, 0.2) is 12.1 Å². The predicted octanol–water partition coefficient (Wildman–Crippen LogP) is 2.30. The van der Waals surface area contributed by atoms with Crippen LogP contribution in [0.5, 0.6) is 0 Å². The van der Waals surface area contributed by atoms with Crippen LogP contribution in [-0.2, 0) is 0 Å². The first-order valence-corrected chi connectivity index (χ1v) is 5.79. The summed E-state index contributed by atoms with van der Waals surface area (Å²) in [6.07, 6.45) is 0. The average molecular weight is 243 g/mol. The van der Waals surface area contributed by atoms with E-state index in [1.54, 1.807) is 0 Å². The number of hydrogen-bond acceptors (Lipinski definition) is 3. The number of anilines is 2. The van der Waals surface area contributed by atoms with Crippen LogP contribution in [0.1, 0.15) is 13.8 Å². The number of nitrogens with one attached hydrogen (secondary N) is 1. The fraction of sp³-hybridized carbons (Fsp3) is 0.500. The number of benzene rings is 1. The fourth-order valence-corrected chi connectivity index (χ4v) is 1.60. The van der Waals surface area contributed by atoms with Crippen molar-refractivity contribution in [1.82, 2.24) is 4.90 Å². The third kappa shape index (κ3) is 3.85. The normalized spacial score (nSPS) is 10.9. The molecule has 0 aliphatic heterocycles. The molecule has 3 N–H and O–H groups in total. The minimum atomic E-state index is -0.920. The van der Waals surface area contributed by atoms with Crippen molar-refractivity contribution in [2.75, 3.05) is 37.2 Å². The average Bonchev–Trinajstić information content (AvgIpc) is 2.31. The number of nitrogens with zero attached hydrogens (tertiary/aromatic N) is 1. The second-order valence-electron chi connectivity index (χ2n) is 3.81. The number of nitrogens with two attached hydrogens (primary N) is 1. The number of rotatable bonds is 6. The second-order valence-corrected chi connectivity index (χ2v) is 3.81. The van der Waals surface area contributed by atoms with Gasteiger partial charge in [-0.15, -0.1) is 0 Å². The van der Waals surface area contributed by atoms with Gasteiger partial charge in [0.25, 0.3) is 0 Å². The lowest BCUT2D eigenvalue weighted by molar-refractivity contribution is 0.316. The molecule has 0 atom stereocenters. The standard InChI is InChI=1S/C12H19F2N3/c1-3-17(4-2)6-5-16-12-8-10(14)9(13)7-11(12)15/h7-8,16H,3-6,15H2,1-2H3. The zero-order valence-electron chi connectivity index (χ0n) is 10.3. The van der Waals surface area contributed by atoms with Gasteiger partial charge in [-0.25, -0.2) is 8.78 Å². The number of halogens is 2. The Morgan fingerprint density at radius 1 is 1.18 bits per heavy atom. The summed E-state index contributed by atoms with van der Waals surface area (Å²) < 4.78 is 25.8. The Kier molecular flexibility index (Phi) is 5.15. The van der Waals surface area contributed by atoms with Gasteiger partial charge in [-0.3, -0.25) is 0 Å². The molecule has 0 saturated heterocycles. The Labute approximate surface area is 101 Å². The fourth-order valence-electron chi connectivity index (χ4n) is 1.60. The first kappa shape index (κ1) is 13.7. The van der Waals surface area contributed by atoms with Crippen molar-refractivity contribution >= 4 is 11.4 Å². The number of nitrogen functional groups attached to an aromatic ring is 1. The largest absolute Gasteiger partial charge is 0.397 e. The molecule has 96 valence electrons. The highest BCUT2D eigenvalue weighted by atomic mass is 19.2. The lowest BCUT2D eigenvalue weighted by atomic mass is 10.2. The lowest BCUT2D eigenvalue weighted by Gasteiger charge is -2.19. The molecule has 1 rings (SSSR count). The molecule has 0 heterocycles. The van der Waals surface area contributed by atoms with E-state index < -0.39 is 11.6 Å². The zero-order chi connectivity index (χ0) is 12.8. The molecule has 1 aromatic carbocycles. The van der Waals surface area contributed by atoms with Crippen LogP contribution in [0.4, 0.5) is 20.2 Å². The van der Waals surface area contributed by atoms with E-state index in [2.05, 4.69) is 24.1 Å². The van der Waals surface area contributed by atoms with Gasteiger partial charge in [-0.1, -0.05) is 13.8 Å². The summed E-state index contributed by atoms with van der Waals surface area (Å²) in [4.78, 5) is 2.23. The summed E-state index contributed by atoms with van der Waals surface area (Å²) in [5.41, 5.74) is 6.26. The van der Waals surface area contributed by atoms with E-state index in [-0.39, 0.29) is 5.69 Å². The van der Waals surface area contributed by atoms with Gasteiger partial charge in [0, 0.05) is 25.2 Å². The summed E-state index contributed by atoms with van der Waals surface area (Å²) in [5.74, 6) is -1.80. The van der Waals surface area contributed by atoms with E-state index in [9.17, 15) is 8.78 Å². The van der Waals surface area contributed by atoms with E-state index in [4.69, 9.17) is 5.73 Å². The van der Waals surface area contributed by atoms with E-state index in [0.717, 1.165) is 31.8 Å². The summed E-state index contributed by atoms with van der Waals surface area (Å²) in [6, 6.07) is 2.09.